The average Bonchev–Trinajstić information content (AvgIpc) is 2.31. The zero-order chi connectivity index (χ0) is 10.1. The van der Waals surface area contributed by atoms with Crippen LogP contribution in [0.4, 0.5) is 13.2 Å². The Balaban J connectivity index is 2.90. The lowest BCUT2D eigenvalue weighted by Crippen LogP contribution is -2.16. The van der Waals surface area contributed by atoms with Gasteiger partial charge in [-0.1, -0.05) is 19.1 Å². The van der Waals surface area contributed by atoms with Crippen molar-refractivity contribution in [1.29, 1.82) is 0 Å². The monoisotopic (exact) mass is 193 g/mol. The second-order valence-corrected chi connectivity index (χ2v) is 3.19. The molecular weight excluding hydrogens is 183 g/mol. The third-order valence-corrected chi connectivity index (χ3v) is 1.45. The standard InChI is InChI=1S/C7H10F3N3/c1-5(2)4-13-6(3-11-12-13)7(8,9)10/h3,5H,4H2,1-2H3. The molecule has 1 rings (SSSR count). The Morgan fingerprint density at radius 3 is 2.54 bits per heavy atom. The molecule has 0 fully saturated rings. The largest absolute Gasteiger partial charge is 0.434 e. The topological polar surface area (TPSA) is 30.7 Å². The van der Waals surface area contributed by atoms with Gasteiger partial charge in [-0.15, -0.1) is 5.10 Å². The van der Waals surface area contributed by atoms with E-state index in [1.165, 1.54) is 0 Å². The molecule has 0 radical (unpaired) electrons. The van der Waals surface area contributed by atoms with Crippen LogP contribution in [0.3, 0.4) is 0 Å². The highest BCUT2D eigenvalue weighted by Crippen LogP contribution is 2.28. The SMILES string of the molecule is CC(C)Cn1nncc1C(F)(F)F. The smallest absolute Gasteiger partial charge is 0.240 e. The molecule has 3 nitrogen and oxygen atoms in total. The van der Waals surface area contributed by atoms with Crippen molar-refractivity contribution in [1.82, 2.24) is 15.0 Å². The number of rotatable bonds is 2. The van der Waals surface area contributed by atoms with Gasteiger partial charge in [0, 0.05) is 6.54 Å². The summed E-state index contributed by atoms with van der Waals surface area (Å²) in [5.74, 6) is 0.114. The van der Waals surface area contributed by atoms with Crippen molar-refractivity contribution < 1.29 is 13.2 Å². The van der Waals surface area contributed by atoms with Crippen LogP contribution in [0.25, 0.3) is 0 Å². The highest BCUT2D eigenvalue weighted by molar-refractivity contribution is 4.99. The summed E-state index contributed by atoms with van der Waals surface area (Å²) in [6.07, 6.45) is -3.62. The van der Waals surface area contributed by atoms with Crippen LogP contribution in [0.2, 0.25) is 0 Å². The molecule has 0 unspecified atom stereocenters. The highest BCUT2D eigenvalue weighted by Gasteiger charge is 2.35. The Labute approximate surface area is 73.5 Å². The Hall–Kier alpha value is -1.07. The maximum Gasteiger partial charge on any atom is 0.434 e. The lowest BCUT2D eigenvalue weighted by molar-refractivity contribution is -0.144. The van der Waals surface area contributed by atoms with Gasteiger partial charge in [0.15, 0.2) is 5.69 Å². The lowest BCUT2D eigenvalue weighted by Gasteiger charge is -2.10. The molecule has 6 heteroatoms. The molecule has 0 aliphatic carbocycles. The Kier molecular flexibility index (Phi) is 2.58. The molecule has 13 heavy (non-hydrogen) atoms. The summed E-state index contributed by atoms with van der Waals surface area (Å²) >= 11 is 0. The van der Waals surface area contributed by atoms with Crippen LogP contribution < -0.4 is 0 Å². The van der Waals surface area contributed by atoms with Gasteiger partial charge in [-0.2, -0.15) is 13.2 Å². The summed E-state index contributed by atoms with van der Waals surface area (Å²) in [6.45, 7) is 3.87. The first-order valence-electron chi connectivity index (χ1n) is 3.87. The third-order valence-electron chi connectivity index (χ3n) is 1.45. The van der Waals surface area contributed by atoms with Crippen molar-refractivity contribution >= 4 is 0 Å². The fourth-order valence-electron chi connectivity index (χ4n) is 0.958. The molecule has 1 heterocycles. The van der Waals surface area contributed by atoms with Crippen molar-refractivity contribution in [3.63, 3.8) is 0 Å². The zero-order valence-electron chi connectivity index (χ0n) is 7.34. The van der Waals surface area contributed by atoms with Gasteiger partial charge >= 0.3 is 6.18 Å². The van der Waals surface area contributed by atoms with E-state index in [1.807, 2.05) is 13.8 Å². The molecule has 0 amide bonds. The number of halogens is 3. The molecule has 74 valence electrons. The van der Waals surface area contributed by atoms with E-state index in [4.69, 9.17) is 0 Å². The first-order valence-corrected chi connectivity index (χ1v) is 3.87. The van der Waals surface area contributed by atoms with Crippen molar-refractivity contribution in [2.45, 2.75) is 26.6 Å². The fraction of sp³-hybridized carbons (Fsp3) is 0.714. The molecule has 0 saturated heterocycles. The van der Waals surface area contributed by atoms with Crippen LogP contribution >= 0.6 is 0 Å². The highest BCUT2D eigenvalue weighted by atomic mass is 19.4. The molecule has 0 saturated carbocycles. The fourth-order valence-corrected chi connectivity index (χ4v) is 0.958. The van der Waals surface area contributed by atoms with E-state index >= 15 is 0 Å². The summed E-state index contributed by atoms with van der Waals surface area (Å²) in [6, 6.07) is 0. The zero-order valence-corrected chi connectivity index (χ0v) is 7.34. The molecule has 1 aromatic heterocycles. The number of alkyl halides is 3. The van der Waals surface area contributed by atoms with Crippen LogP contribution in [-0.4, -0.2) is 15.0 Å². The number of hydrogen-bond donors (Lipinski definition) is 0. The second-order valence-electron chi connectivity index (χ2n) is 3.19. The van der Waals surface area contributed by atoms with Gasteiger partial charge in [0.1, 0.15) is 0 Å². The Morgan fingerprint density at radius 2 is 2.08 bits per heavy atom. The molecule has 0 atom stereocenters. The molecule has 1 aromatic rings. The summed E-state index contributed by atoms with van der Waals surface area (Å²) in [5, 5.41) is 6.60. The van der Waals surface area contributed by atoms with E-state index in [0.29, 0.717) is 0 Å². The minimum Gasteiger partial charge on any atom is -0.240 e. The van der Waals surface area contributed by atoms with Crippen LogP contribution in [0.15, 0.2) is 6.20 Å². The van der Waals surface area contributed by atoms with Crippen LogP contribution in [0.1, 0.15) is 19.5 Å². The summed E-state index contributed by atoms with van der Waals surface area (Å²) in [4.78, 5) is 0. The van der Waals surface area contributed by atoms with Gasteiger partial charge in [0.25, 0.3) is 0 Å². The number of aromatic nitrogens is 3. The third kappa shape index (κ3) is 2.43. The van der Waals surface area contributed by atoms with Gasteiger partial charge in [-0.25, -0.2) is 4.68 Å². The normalized spacial score (nSPS) is 12.5. The van der Waals surface area contributed by atoms with Crippen molar-refractivity contribution in [3.05, 3.63) is 11.9 Å². The van der Waals surface area contributed by atoms with Gasteiger partial charge in [0.05, 0.1) is 6.20 Å². The number of hydrogen-bond acceptors (Lipinski definition) is 2. The quantitative estimate of drug-likeness (QED) is 0.718. The van der Waals surface area contributed by atoms with Crippen LogP contribution in [0, 0.1) is 5.92 Å². The van der Waals surface area contributed by atoms with Gasteiger partial charge < -0.3 is 0 Å². The average molecular weight is 193 g/mol. The molecule has 0 spiro atoms. The number of nitrogens with zero attached hydrogens (tertiary/aromatic N) is 3. The van der Waals surface area contributed by atoms with Crippen LogP contribution in [0.5, 0.6) is 0 Å². The second kappa shape index (κ2) is 3.35. The van der Waals surface area contributed by atoms with Gasteiger partial charge in [0.2, 0.25) is 0 Å². The molecule has 0 aliphatic rings. The molecule has 0 aliphatic heterocycles. The predicted molar refractivity (Wildman–Crippen MR) is 39.9 cm³/mol. The molecule has 0 N–H and O–H groups in total. The van der Waals surface area contributed by atoms with Crippen molar-refractivity contribution in [2.24, 2.45) is 5.92 Å². The van der Waals surface area contributed by atoms with E-state index in [1.54, 1.807) is 0 Å². The van der Waals surface area contributed by atoms with E-state index < -0.39 is 11.9 Å². The summed E-state index contributed by atoms with van der Waals surface area (Å²) < 4.78 is 37.6. The minimum atomic E-state index is -4.36. The first-order chi connectivity index (χ1) is 5.91. The van der Waals surface area contributed by atoms with Gasteiger partial charge in [-0.05, 0) is 5.92 Å². The Bertz CT molecular complexity index is 277. The minimum absolute atomic E-state index is 0.114. The van der Waals surface area contributed by atoms with Crippen molar-refractivity contribution in [3.8, 4) is 0 Å². The Morgan fingerprint density at radius 1 is 1.46 bits per heavy atom. The van der Waals surface area contributed by atoms with E-state index in [2.05, 4.69) is 10.3 Å². The lowest BCUT2D eigenvalue weighted by atomic mass is 10.2. The van der Waals surface area contributed by atoms with E-state index in [-0.39, 0.29) is 12.5 Å². The predicted octanol–water partition coefficient (Wildman–Crippen LogP) is 1.95. The molecule has 0 aromatic carbocycles. The van der Waals surface area contributed by atoms with E-state index in [9.17, 15) is 13.2 Å². The maximum atomic E-state index is 12.2. The molecule has 0 bridgehead atoms. The van der Waals surface area contributed by atoms with Crippen molar-refractivity contribution in [2.75, 3.05) is 0 Å². The summed E-state index contributed by atoms with van der Waals surface area (Å²) in [7, 11) is 0. The van der Waals surface area contributed by atoms with Gasteiger partial charge in [-0.3, -0.25) is 0 Å². The summed E-state index contributed by atoms with van der Waals surface area (Å²) in [5.41, 5.74) is -0.791. The maximum absolute atomic E-state index is 12.2. The molecular formula is C7H10F3N3. The van der Waals surface area contributed by atoms with Crippen LogP contribution in [-0.2, 0) is 12.7 Å². The van der Waals surface area contributed by atoms with E-state index in [0.717, 1.165) is 10.9 Å². The first kappa shape index (κ1) is 10.0.